The van der Waals surface area contributed by atoms with Crippen molar-refractivity contribution >= 4 is 10.0 Å². The number of sulfonamides is 1. The smallest absolute Gasteiger partial charge is 0.243 e. The van der Waals surface area contributed by atoms with E-state index >= 15 is 0 Å². The van der Waals surface area contributed by atoms with Gasteiger partial charge in [0, 0.05) is 31.6 Å². The van der Waals surface area contributed by atoms with Gasteiger partial charge in [0.2, 0.25) is 10.0 Å². The van der Waals surface area contributed by atoms with Gasteiger partial charge in [0.05, 0.1) is 11.0 Å². The molecule has 8 heteroatoms. The van der Waals surface area contributed by atoms with Gasteiger partial charge in [0.25, 0.3) is 0 Å². The van der Waals surface area contributed by atoms with Crippen LogP contribution in [0.25, 0.3) is 11.3 Å². The molecule has 3 N–H and O–H groups in total. The molecule has 0 saturated carbocycles. The van der Waals surface area contributed by atoms with Gasteiger partial charge in [0.1, 0.15) is 12.0 Å². The van der Waals surface area contributed by atoms with Crippen molar-refractivity contribution in [2.75, 3.05) is 13.1 Å². The highest BCUT2D eigenvalue weighted by Gasteiger charge is 2.29. The number of nitrogens with zero attached hydrogens (tertiary/aromatic N) is 2. The fourth-order valence-corrected chi connectivity index (χ4v) is 5.11. The summed E-state index contributed by atoms with van der Waals surface area (Å²) >= 11 is 0. The fourth-order valence-electron chi connectivity index (χ4n) is 3.49. The van der Waals surface area contributed by atoms with Gasteiger partial charge in [-0.05, 0) is 30.0 Å². The fraction of sp³-hybridized carbons (Fsp3) is 0.375. The number of aryl methyl sites for hydroxylation is 1. The number of hydrogen-bond donors (Lipinski definition) is 2. The lowest BCUT2D eigenvalue weighted by Gasteiger charge is -2.28. The predicted molar refractivity (Wildman–Crippen MR) is 124 cm³/mol. The topological polar surface area (TPSA) is 110 Å². The maximum absolute atomic E-state index is 13.4. The van der Waals surface area contributed by atoms with E-state index in [1.807, 2.05) is 44.2 Å². The zero-order chi connectivity index (χ0) is 23.3. The van der Waals surface area contributed by atoms with E-state index in [9.17, 15) is 13.5 Å². The first-order chi connectivity index (χ1) is 15.2. The van der Waals surface area contributed by atoms with Gasteiger partial charge in [-0.25, -0.2) is 13.4 Å². The van der Waals surface area contributed by atoms with Crippen molar-refractivity contribution in [3.05, 3.63) is 72.3 Å². The summed E-state index contributed by atoms with van der Waals surface area (Å²) in [6, 6.07) is 15.5. The van der Waals surface area contributed by atoms with Gasteiger partial charge in [-0.1, -0.05) is 56.3 Å². The zero-order valence-corrected chi connectivity index (χ0v) is 19.5. The third-order valence-corrected chi connectivity index (χ3v) is 7.02. The van der Waals surface area contributed by atoms with E-state index in [0.29, 0.717) is 18.0 Å². The summed E-state index contributed by atoms with van der Waals surface area (Å²) in [6.07, 6.45) is 0.999. The Morgan fingerprint density at radius 1 is 1.06 bits per heavy atom. The molecule has 0 saturated heterocycles. The van der Waals surface area contributed by atoms with Crippen LogP contribution < -0.4 is 5.73 Å². The van der Waals surface area contributed by atoms with E-state index in [1.165, 1.54) is 10.6 Å². The second-order valence-electron chi connectivity index (χ2n) is 8.41. The van der Waals surface area contributed by atoms with Crippen molar-refractivity contribution in [3.63, 3.8) is 0 Å². The van der Waals surface area contributed by atoms with Crippen LogP contribution in [0.4, 0.5) is 0 Å². The monoisotopic (exact) mass is 457 g/mol. The van der Waals surface area contributed by atoms with Crippen LogP contribution in [0.1, 0.15) is 25.3 Å². The minimum atomic E-state index is -3.82. The molecule has 32 heavy (non-hydrogen) atoms. The number of rotatable bonds is 10. The Balaban J connectivity index is 1.77. The van der Waals surface area contributed by atoms with Crippen LogP contribution >= 0.6 is 0 Å². The molecule has 0 bridgehead atoms. The van der Waals surface area contributed by atoms with Crippen LogP contribution in [-0.2, 0) is 16.4 Å². The van der Waals surface area contributed by atoms with Crippen LogP contribution in [-0.4, -0.2) is 48.0 Å². The summed E-state index contributed by atoms with van der Waals surface area (Å²) in [4.78, 5) is 4.43. The lowest BCUT2D eigenvalue weighted by molar-refractivity contribution is 0.116. The molecule has 0 radical (unpaired) electrons. The van der Waals surface area contributed by atoms with E-state index in [4.69, 9.17) is 10.2 Å². The largest absolute Gasteiger partial charge is 0.449 e. The van der Waals surface area contributed by atoms with Gasteiger partial charge in [-0.15, -0.1) is 0 Å². The molecule has 1 heterocycles. The molecular formula is C24H31N3O4S. The van der Waals surface area contributed by atoms with Crippen molar-refractivity contribution in [2.45, 2.75) is 44.2 Å². The third-order valence-electron chi connectivity index (χ3n) is 5.17. The summed E-state index contributed by atoms with van der Waals surface area (Å²) in [5, 5.41) is 10.7. The van der Waals surface area contributed by atoms with E-state index < -0.39 is 22.2 Å². The van der Waals surface area contributed by atoms with E-state index in [2.05, 4.69) is 4.98 Å². The third kappa shape index (κ3) is 6.04. The molecule has 0 aliphatic rings. The molecule has 0 spiro atoms. The summed E-state index contributed by atoms with van der Waals surface area (Å²) < 4.78 is 33.3. The first-order valence-corrected chi connectivity index (χ1v) is 12.1. The molecule has 7 nitrogen and oxygen atoms in total. The zero-order valence-electron chi connectivity index (χ0n) is 18.7. The number of aliphatic hydroxyl groups is 1. The molecule has 1 unspecified atom stereocenters. The highest BCUT2D eigenvalue weighted by atomic mass is 32.2. The normalized spacial score (nSPS) is 14.1. The number of aromatic nitrogens is 1. The first kappa shape index (κ1) is 24.1. The van der Waals surface area contributed by atoms with Crippen molar-refractivity contribution in [1.82, 2.24) is 9.29 Å². The Bertz CT molecular complexity index is 1100. The minimum absolute atomic E-state index is 0.0707. The van der Waals surface area contributed by atoms with Crippen molar-refractivity contribution in [3.8, 4) is 11.3 Å². The molecule has 172 valence electrons. The number of oxazole rings is 1. The second-order valence-corrected chi connectivity index (χ2v) is 10.4. The molecule has 0 amide bonds. The van der Waals surface area contributed by atoms with Crippen molar-refractivity contribution in [2.24, 2.45) is 11.7 Å². The van der Waals surface area contributed by atoms with Gasteiger partial charge >= 0.3 is 0 Å². The molecule has 0 aliphatic heterocycles. The highest BCUT2D eigenvalue weighted by Crippen LogP contribution is 2.23. The van der Waals surface area contributed by atoms with E-state index in [-0.39, 0.29) is 23.9 Å². The van der Waals surface area contributed by atoms with Crippen molar-refractivity contribution < 1.29 is 17.9 Å². The van der Waals surface area contributed by atoms with Gasteiger partial charge < -0.3 is 15.3 Å². The molecule has 1 aromatic heterocycles. The van der Waals surface area contributed by atoms with Crippen LogP contribution in [0, 0.1) is 12.8 Å². The van der Waals surface area contributed by atoms with Crippen LogP contribution in [0.5, 0.6) is 0 Å². The maximum Gasteiger partial charge on any atom is 0.243 e. The SMILES string of the molecule is Cc1nc(-c2ccc(S(=O)(=O)N(CC(C)C)C[C@@H](O)C(N)Cc3ccccc3)cc2)co1. The molecule has 3 aromatic rings. The quantitative estimate of drug-likeness (QED) is 0.484. The first-order valence-electron chi connectivity index (χ1n) is 10.7. The Kier molecular flexibility index (Phi) is 7.84. The van der Waals surface area contributed by atoms with Crippen molar-refractivity contribution in [1.29, 1.82) is 0 Å². The number of nitrogens with two attached hydrogens (primary N) is 1. The standard InChI is InChI=1S/C24H31N3O4S/c1-17(2)14-27(15-24(28)22(25)13-19-7-5-4-6-8-19)32(29,30)21-11-9-20(10-12-21)23-16-31-18(3)26-23/h4-12,16-17,22,24,28H,13-15,25H2,1-3H3/t22?,24-/m1/s1. The lowest BCUT2D eigenvalue weighted by Crippen LogP contribution is -2.47. The minimum Gasteiger partial charge on any atom is -0.449 e. The van der Waals surface area contributed by atoms with Crippen LogP contribution in [0.3, 0.4) is 0 Å². The average Bonchev–Trinajstić information content (AvgIpc) is 3.20. The number of aliphatic hydroxyl groups excluding tert-OH is 1. The maximum atomic E-state index is 13.4. The average molecular weight is 458 g/mol. The Labute approximate surface area is 189 Å². The lowest BCUT2D eigenvalue weighted by atomic mass is 10.0. The van der Waals surface area contributed by atoms with Gasteiger partial charge in [0.15, 0.2) is 5.89 Å². The van der Waals surface area contributed by atoms with Gasteiger partial charge in [-0.2, -0.15) is 4.31 Å². The summed E-state index contributed by atoms with van der Waals surface area (Å²) in [5.41, 5.74) is 8.62. The van der Waals surface area contributed by atoms with Gasteiger partial charge in [-0.3, -0.25) is 0 Å². The molecule has 3 rings (SSSR count). The molecule has 2 atom stereocenters. The van der Waals surface area contributed by atoms with E-state index in [1.54, 1.807) is 31.2 Å². The molecule has 0 aliphatic carbocycles. The van der Waals surface area contributed by atoms with Crippen LogP contribution in [0.15, 0.2) is 70.2 Å². The molecular weight excluding hydrogens is 426 g/mol. The molecule has 2 aromatic carbocycles. The van der Waals surface area contributed by atoms with E-state index in [0.717, 1.165) is 11.1 Å². The summed E-state index contributed by atoms with van der Waals surface area (Å²) in [5.74, 6) is 0.625. The number of benzene rings is 2. The molecule has 0 fully saturated rings. The highest BCUT2D eigenvalue weighted by molar-refractivity contribution is 7.89. The number of hydrogen-bond acceptors (Lipinski definition) is 6. The summed E-state index contributed by atoms with van der Waals surface area (Å²) in [6.45, 7) is 5.84. The Hall–Kier alpha value is -2.52. The Morgan fingerprint density at radius 2 is 1.72 bits per heavy atom. The predicted octanol–water partition coefficient (Wildman–Crippen LogP) is 3.23. The Morgan fingerprint density at radius 3 is 2.28 bits per heavy atom. The van der Waals surface area contributed by atoms with Crippen LogP contribution in [0.2, 0.25) is 0 Å². The summed E-state index contributed by atoms with van der Waals surface area (Å²) in [7, 11) is -3.82. The second kappa shape index (κ2) is 10.4.